The molecule has 0 aromatic carbocycles. The molecule has 0 radical (unpaired) electrons. The van der Waals surface area contributed by atoms with Crippen molar-refractivity contribution in [2.75, 3.05) is 33.2 Å². The summed E-state index contributed by atoms with van der Waals surface area (Å²) < 4.78 is 0. The van der Waals surface area contributed by atoms with Gasteiger partial charge in [-0.1, -0.05) is 6.92 Å². The molecule has 1 saturated heterocycles. The highest BCUT2D eigenvalue weighted by Crippen LogP contribution is 2.30. The quantitative estimate of drug-likeness (QED) is 0.803. The second kappa shape index (κ2) is 7.22. The molecule has 4 heteroatoms. The summed E-state index contributed by atoms with van der Waals surface area (Å²) in [5.74, 6) is 0.682. The highest BCUT2D eigenvalue weighted by Gasteiger charge is 2.22. The molecule has 1 N–H and O–H groups in total. The Labute approximate surface area is 115 Å². The standard InChI is InChI=1S/C14H25N3S/c1-3-17-9-5-6-12(11-17)14-16-10-13(18-14)7-4-8-15-2/h10,12,15H,3-9,11H2,1-2H3. The normalized spacial score (nSPS) is 21.3. The Morgan fingerprint density at radius 3 is 3.22 bits per heavy atom. The topological polar surface area (TPSA) is 28.2 Å². The maximum atomic E-state index is 4.66. The Morgan fingerprint density at radius 1 is 1.56 bits per heavy atom. The SMILES string of the molecule is CCN1CCCC(c2ncc(CCCNC)s2)C1. The van der Waals surface area contributed by atoms with Crippen molar-refractivity contribution in [3.63, 3.8) is 0 Å². The highest BCUT2D eigenvalue weighted by atomic mass is 32.1. The molecule has 1 aromatic rings. The van der Waals surface area contributed by atoms with Crippen molar-refractivity contribution < 1.29 is 0 Å². The van der Waals surface area contributed by atoms with E-state index in [0.29, 0.717) is 5.92 Å². The van der Waals surface area contributed by atoms with Gasteiger partial charge in [0, 0.05) is 23.5 Å². The monoisotopic (exact) mass is 267 g/mol. The molecule has 0 spiro atoms. The largest absolute Gasteiger partial charge is 0.320 e. The number of likely N-dealkylation sites (N-methyl/N-ethyl adjacent to an activating group) is 1. The summed E-state index contributed by atoms with van der Waals surface area (Å²) in [5.41, 5.74) is 0. The first kappa shape index (κ1) is 14.0. The number of likely N-dealkylation sites (tertiary alicyclic amines) is 1. The van der Waals surface area contributed by atoms with Crippen LogP contribution < -0.4 is 5.32 Å². The van der Waals surface area contributed by atoms with Gasteiger partial charge >= 0.3 is 0 Å². The van der Waals surface area contributed by atoms with E-state index in [9.17, 15) is 0 Å². The molecule has 2 rings (SSSR count). The van der Waals surface area contributed by atoms with Gasteiger partial charge in [-0.3, -0.25) is 0 Å². The van der Waals surface area contributed by atoms with Crippen molar-refractivity contribution in [1.82, 2.24) is 15.2 Å². The lowest BCUT2D eigenvalue weighted by Gasteiger charge is -2.30. The summed E-state index contributed by atoms with van der Waals surface area (Å²) in [6.07, 6.45) is 7.13. The molecule has 1 fully saturated rings. The molecule has 0 amide bonds. The van der Waals surface area contributed by atoms with E-state index >= 15 is 0 Å². The van der Waals surface area contributed by atoms with E-state index in [1.807, 2.05) is 18.4 Å². The van der Waals surface area contributed by atoms with E-state index in [4.69, 9.17) is 0 Å². The number of hydrogen-bond donors (Lipinski definition) is 1. The van der Waals surface area contributed by atoms with Crippen molar-refractivity contribution in [1.29, 1.82) is 0 Å². The van der Waals surface area contributed by atoms with Crippen LogP contribution in [0.1, 0.15) is 42.0 Å². The van der Waals surface area contributed by atoms with E-state index < -0.39 is 0 Å². The molecule has 0 bridgehead atoms. The predicted molar refractivity (Wildman–Crippen MR) is 78.5 cm³/mol. The summed E-state index contributed by atoms with van der Waals surface area (Å²) in [5, 5.41) is 4.57. The van der Waals surface area contributed by atoms with Crippen molar-refractivity contribution >= 4 is 11.3 Å². The van der Waals surface area contributed by atoms with Gasteiger partial charge in [0.05, 0.1) is 5.01 Å². The van der Waals surface area contributed by atoms with E-state index in [-0.39, 0.29) is 0 Å². The molecule has 0 aliphatic carbocycles. The highest BCUT2D eigenvalue weighted by molar-refractivity contribution is 7.11. The van der Waals surface area contributed by atoms with Crippen LogP contribution in [0.2, 0.25) is 0 Å². The zero-order valence-corrected chi connectivity index (χ0v) is 12.4. The van der Waals surface area contributed by atoms with Crippen LogP contribution in [-0.4, -0.2) is 43.1 Å². The van der Waals surface area contributed by atoms with E-state index in [0.717, 1.165) is 6.54 Å². The lowest BCUT2D eigenvalue weighted by molar-refractivity contribution is 0.218. The number of nitrogens with one attached hydrogen (secondary N) is 1. The van der Waals surface area contributed by atoms with Crippen LogP contribution in [0.25, 0.3) is 0 Å². The van der Waals surface area contributed by atoms with Crippen LogP contribution in [0.5, 0.6) is 0 Å². The molecule has 1 atom stereocenters. The Bertz CT molecular complexity index is 351. The first-order valence-electron chi connectivity index (χ1n) is 7.15. The molecule has 18 heavy (non-hydrogen) atoms. The molecule has 1 aliphatic heterocycles. The van der Waals surface area contributed by atoms with Crippen LogP contribution in [0, 0.1) is 0 Å². The van der Waals surface area contributed by atoms with Gasteiger partial charge < -0.3 is 10.2 Å². The third kappa shape index (κ3) is 3.77. The Hall–Kier alpha value is -0.450. The molecule has 1 aromatic heterocycles. The molecular weight excluding hydrogens is 242 g/mol. The molecule has 102 valence electrons. The molecule has 2 heterocycles. The van der Waals surface area contributed by atoms with Gasteiger partial charge in [-0.2, -0.15) is 0 Å². The van der Waals surface area contributed by atoms with E-state index in [1.54, 1.807) is 0 Å². The average molecular weight is 267 g/mol. The summed E-state index contributed by atoms with van der Waals surface area (Å²) in [6.45, 7) is 7.01. The van der Waals surface area contributed by atoms with Crippen LogP contribution in [0.15, 0.2) is 6.20 Å². The number of rotatable bonds is 6. The van der Waals surface area contributed by atoms with Crippen molar-refractivity contribution in [2.24, 2.45) is 0 Å². The van der Waals surface area contributed by atoms with Crippen molar-refractivity contribution in [2.45, 2.75) is 38.5 Å². The first-order valence-corrected chi connectivity index (χ1v) is 7.96. The first-order chi connectivity index (χ1) is 8.83. The van der Waals surface area contributed by atoms with E-state index in [2.05, 4.69) is 28.3 Å². The second-order valence-corrected chi connectivity index (χ2v) is 6.25. The molecule has 1 unspecified atom stereocenters. The van der Waals surface area contributed by atoms with Crippen LogP contribution >= 0.6 is 11.3 Å². The Balaban J connectivity index is 1.88. The molecule has 0 saturated carbocycles. The van der Waals surface area contributed by atoms with Gasteiger partial charge in [0.2, 0.25) is 0 Å². The molecule has 3 nitrogen and oxygen atoms in total. The number of thiazole rings is 1. The van der Waals surface area contributed by atoms with Gasteiger partial charge in [-0.15, -0.1) is 11.3 Å². The minimum atomic E-state index is 0.682. The van der Waals surface area contributed by atoms with Crippen molar-refractivity contribution in [3.05, 3.63) is 16.1 Å². The summed E-state index contributed by atoms with van der Waals surface area (Å²) in [6, 6.07) is 0. The van der Waals surface area contributed by atoms with E-state index in [1.165, 1.54) is 55.2 Å². The van der Waals surface area contributed by atoms with Gasteiger partial charge in [0.25, 0.3) is 0 Å². The number of piperidine rings is 1. The fourth-order valence-electron chi connectivity index (χ4n) is 2.61. The summed E-state index contributed by atoms with van der Waals surface area (Å²) in [7, 11) is 2.01. The smallest absolute Gasteiger partial charge is 0.0971 e. The zero-order chi connectivity index (χ0) is 12.8. The van der Waals surface area contributed by atoms with Crippen LogP contribution in [-0.2, 0) is 6.42 Å². The lowest BCUT2D eigenvalue weighted by Crippen LogP contribution is -2.33. The van der Waals surface area contributed by atoms with Gasteiger partial charge in [-0.05, 0) is 52.4 Å². The second-order valence-electron chi connectivity index (χ2n) is 5.10. The molecular formula is C14H25N3S. The fourth-order valence-corrected chi connectivity index (χ4v) is 3.70. The van der Waals surface area contributed by atoms with Crippen LogP contribution in [0.3, 0.4) is 0 Å². The average Bonchev–Trinajstić information content (AvgIpc) is 2.88. The van der Waals surface area contributed by atoms with Crippen LogP contribution in [0.4, 0.5) is 0 Å². The summed E-state index contributed by atoms with van der Waals surface area (Å²) in [4.78, 5) is 8.66. The minimum absolute atomic E-state index is 0.682. The number of hydrogen-bond acceptors (Lipinski definition) is 4. The maximum Gasteiger partial charge on any atom is 0.0971 e. The Kier molecular flexibility index (Phi) is 5.60. The number of nitrogens with zero attached hydrogens (tertiary/aromatic N) is 2. The fraction of sp³-hybridized carbons (Fsp3) is 0.786. The lowest BCUT2D eigenvalue weighted by atomic mass is 9.99. The number of aromatic nitrogens is 1. The van der Waals surface area contributed by atoms with Gasteiger partial charge in [0.1, 0.15) is 0 Å². The van der Waals surface area contributed by atoms with Gasteiger partial charge in [-0.25, -0.2) is 4.98 Å². The predicted octanol–water partition coefficient (Wildman–Crippen LogP) is 2.49. The maximum absolute atomic E-state index is 4.66. The Morgan fingerprint density at radius 2 is 2.44 bits per heavy atom. The molecule has 1 aliphatic rings. The third-order valence-corrected chi connectivity index (χ3v) is 4.94. The zero-order valence-electron chi connectivity index (χ0n) is 11.6. The minimum Gasteiger partial charge on any atom is -0.320 e. The van der Waals surface area contributed by atoms with Crippen molar-refractivity contribution in [3.8, 4) is 0 Å². The van der Waals surface area contributed by atoms with Gasteiger partial charge in [0.15, 0.2) is 0 Å². The summed E-state index contributed by atoms with van der Waals surface area (Å²) >= 11 is 1.94. The number of aryl methyl sites for hydroxylation is 1. The third-order valence-electron chi connectivity index (χ3n) is 3.72.